The molecule has 0 unspecified atom stereocenters. The summed E-state index contributed by atoms with van der Waals surface area (Å²) in [5.74, 6) is -2.23. The van der Waals surface area contributed by atoms with Gasteiger partial charge in [0.15, 0.2) is 0 Å². The van der Waals surface area contributed by atoms with E-state index in [0.29, 0.717) is 0 Å². The Morgan fingerprint density at radius 3 is 2.61 bits per heavy atom. The van der Waals surface area contributed by atoms with Crippen LogP contribution in [0, 0.1) is 5.82 Å². The summed E-state index contributed by atoms with van der Waals surface area (Å²) >= 11 is 0. The summed E-state index contributed by atoms with van der Waals surface area (Å²) < 4.78 is 13.1. The second-order valence-corrected chi connectivity index (χ2v) is 3.59. The van der Waals surface area contributed by atoms with Gasteiger partial charge in [0.25, 0.3) is 0 Å². The van der Waals surface area contributed by atoms with Crippen LogP contribution in [0.2, 0.25) is 0 Å². The van der Waals surface area contributed by atoms with E-state index in [1.54, 1.807) is 0 Å². The molecule has 0 aliphatic carbocycles. The second-order valence-electron chi connectivity index (χ2n) is 3.59. The standard InChI is InChI=1S/C12H8FNO4/c13-6-1-2-10(15)7(3-6)9-5-14-11(16)4-8(9)12(17)18/h1-5,15H,(H,14,16)(H,17,18). The molecule has 6 heteroatoms. The normalized spacial score (nSPS) is 10.3. The Morgan fingerprint density at radius 1 is 1.22 bits per heavy atom. The summed E-state index contributed by atoms with van der Waals surface area (Å²) in [6.07, 6.45) is 1.13. The van der Waals surface area contributed by atoms with Crippen molar-refractivity contribution in [3.63, 3.8) is 0 Å². The van der Waals surface area contributed by atoms with Crippen LogP contribution in [-0.2, 0) is 0 Å². The third-order valence-electron chi connectivity index (χ3n) is 2.40. The second kappa shape index (κ2) is 4.33. The van der Waals surface area contributed by atoms with Gasteiger partial charge in [-0.1, -0.05) is 0 Å². The van der Waals surface area contributed by atoms with E-state index in [1.807, 2.05) is 0 Å². The smallest absolute Gasteiger partial charge is 0.336 e. The summed E-state index contributed by atoms with van der Waals surface area (Å²) in [4.78, 5) is 24.4. The molecule has 0 amide bonds. The van der Waals surface area contributed by atoms with Crippen LogP contribution in [-0.4, -0.2) is 21.2 Å². The number of H-pyrrole nitrogens is 1. The number of carboxylic acid groups (broad SMARTS) is 1. The molecular weight excluding hydrogens is 241 g/mol. The minimum absolute atomic E-state index is 0.00338. The van der Waals surface area contributed by atoms with Gasteiger partial charge in [-0.2, -0.15) is 0 Å². The van der Waals surface area contributed by atoms with Crippen LogP contribution in [0.4, 0.5) is 4.39 Å². The summed E-state index contributed by atoms with van der Waals surface area (Å²) in [7, 11) is 0. The molecule has 0 atom stereocenters. The highest BCUT2D eigenvalue weighted by Crippen LogP contribution is 2.31. The Hall–Kier alpha value is -2.63. The van der Waals surface area contributed by atoms with E-state index in [1.165, 1.54) is 0 Å². The van der Waals surface area contributed by atoms with Gasteiger partial charge in [0.2, 0.25) is 5.56 Å². The molecular formula is C12H8FNO4. The van der Waals surface area contributed by atoms with Crippen molar-refractivity contribution in [2.45, 2.75) is 0 Å². The van der Waals surface area contributed by atoms with Crippen LogP contribution >= 0.6 is 0 Å². The molecule has 0 saturated heterocycles. The van der Waals surface area contributed by atoms with Crippen molar-refractivity contribution in [2.75, 3.05) is 0 Å². The van der Waals surface area contributed by atoms with Gasteiger partial charge in [-0.25, -0.2) is 9.18 Å². The average Bonchev–Trinajstić information content (AvgIpc) is 2.32. The lowest BCUT2D eigenvalue weighted by atomic mass is 10.0. The Morgan fingerprint density at radius 2 is 1.94 bits per heavy atom. The maximum absolute atomic E-state index is 13.1. The van der Waals surface area contributed by atoms with E-state index in [9.17, 15) is 19.1 Å². The maximum Gasteiger partial charge on any atom is 0.336 e. The van der Waals surface area contributed by atoms with Crippen molar-refractivity contribution in [3.05, 3.63) is 52.2 Å². The molecule has 0 bridgehead atoms. The number of carbonyl (C=O) groups is 1. The molecule has 1 heterocycles. The Balaban J connectivity index is 2.74. The van der Waals surface area contributed by atoms with E-state index in [4.69, 9.17) is 5.11 Å². The molecule has 1 aromatic carbocycles. The molecule has 1 aromatic heterocycles. The van der Waals surface area contributed by atoms with Crippen LogP contribution in [0.3, 0.4) is 0 Å². The molecule has 2 aromatic rings. The van der Waals surface area contributed by atoms with Crippen molar-refractivity contribution >= 4 is 5.97 Å². The minimum atomic E-state index is -1.33. The molecule has 0 aliphatic rings. The monoisotopic (exact) mass is 249 g/mol. The first-order chi connectivity index (χ1) is 8.49. The van der Waals surface area contributed by atoms with Crippen molar-refractivity contribution in [1.82, 2.24) is 4.98 Å². The number of aromatic amines is 1. The van der Waals surface area contributed by atoms with Crippen LogP contribution < -0.4 is 5.56 Å². The quantitative estimate of drug-likeness (QED) is 0.753. The fourth-order valence-electron chi connectivity index (χ4n) is 1.60. The number of benzene rings is 1. The molecule has 0 saturated carbocycles. The number of hydrogen-bond donors (Lipinski definition) is 3. The number of carboxylic acids is 1. The predicted molar refractivity (Wildman–Crippen MR) is 61.1 cm³/mol. The number of aromatic nitrogens is 1. The topological polar surface area (TPSA) is 90.4 Å². The van der Waals surface area contributed by atoms with Gasteiger partial charge < -0.3 is 15.2 Å². The number of hydrogen-bond acceptors (Lipinski definition) is 3. The zero-order chi connectivity index (χ0) is 13.3. The van der Waals surface area contributed by atoms with Crippen molar-refractivity contribution in [1.29, 1.82) is 0 Å². The Bertz CT molecular complexity index is 678. The third kappa shape index (κ3) is 2.08. The maximum atomic E-state index is 13.1. The van der Waals surface area contributed by atoms with Gasteiger partial charge in [0.1, 0.15) is 11.6 Å². The van der Waals surface area contributed by atoms with Crippen LogP contribution in [0.5, 0.6) is 5.75 Å². The van der Waals surface area contributed by atoms with Gasteiger partial charge in [-0.3, -0.25) is 4.79 Å². The highest BCUT2D eigenvalue weighted by atomic mass is 19.1. The summed E-state index contributed by atoms with van der Waals surface area (Å²) in [5, 5.41) is 18.6. The Kier molecular flexibility index (Phi) is 2.85. The number of aromatic carboxylic acids is 1. The predicted octanol–water partition coefficient (Wildman–Crippen LogP) is 1.58. The molecule has 0 aliphatic heterocycles. The summed E-state index contributed by atoms with van der Waals surface area (Å²) in [5.41, 5.74) is -0.852. The summed E-state index contributed by atoms with van der Waals surface area (Å²) in [6, 6.07) is 4.03. The van der Waals surface area contributed by atoms with Gasteiger partial charge >= 0.3 is 5.97 Å². The first-order valence-electron chi connectivity index (χ1n) is 4.94. The number of phenolic OH excluding ortho intramolecular Hbond substituents is 1. The number of rotatable bonds is 2. The SMILES string of the molecule is O=C(O)c1cc(=O)[nH]cc1-c1cc(F)ccc1O. The Labute approximate surface area is 100 Å². The molecule has 0 radical (unpaired) electrons. The van der Waals surface area contributed by atoms with Gasteiger partial charge in [0.05, 0.1) is 5.56 Å². The molecule has 5 nitrogen and oxygen atoms in total. The zero-order valence-corrected chi connectivity index (χ0v) is 8.98. The fraction of sp³-hybridized carbons (Fsp3) is 0. The number of pyridine rings is 1. The van der Waals surface area contributed by atoms with E-state index < -0.39 is 17.3 Å². The highest BCUT2D eigenvalue weighted by Gasteiger charge is 2.15. The van der Waals surface area contributed by atoms with Gasteiger partial charge in [-0.15, -0.1) is 0 Å². The highest BCUT2D eigenvalue weighted by molar-refractivity contribution is 5.96. The zero-order valence-electron chi connectivity index (χ0n) is 8.98. The van der Waals surface area contributed by atoms with E-state index in [0.717, 1.165) is 30.5 Å². The van der Waals surface area contributed by atoms with Crippen LogP contribution in [0.15, 0.2) is 35.3 Å². The molecule has 3 N–H and O–H groups in total. The average molecular weight is 249 g/mol. The molecule has 2 rings (SSSR count). The van der Waals surface area contributed by atoms with E-state index in [2.05, 4.69) is 4.98 Å². The van der Waals surface area contributed by atoms with Crippen molar-refractivity contribution in [2.24, 2.45) is 0 Å². The number of halogens is 1. The lowest BCUT2D eigenvalue weighted by Crippen LogP contribution is -2.10. The number of aromatic hydroxyl groups is 1. The fourth-order valence-corrected chi connectivity index (χ4v) is 1.60. The van der Waals surface area contributed by atoms with E-state index >= 15 is 0 Å². The summed E-state index contributed by atoms with van der Waals surface area (Å²) in [6.45, 7) is 0. The van der Waals surface area contributed by atoms with Crippen molar-refractivity contribution in [3.8, 4) is 16.9 Å². The molecule has 0 spiro atoms. The first kappa shape index (κ1) is 11.8. The molecule has 18 heavy (non-hydrogen) atoms. The largest absolute Gasteiger partial charge is 0.507 e. The first-order valence-corrected chi connectivity index (χ1v) is 4.94. The molecule has 0 fully saturated rings. The molecule has 92 valence electrons. The van der Waals surface area contributed by atoms with Crippen molar-refractivity contribution < 1.29 is 19.4 Å². The van der Waals surface area contributed by atoms with Gasteiger partial charge in [-0.05, 0) is 18.2 Å². The van der Waals surface area contributed by atoms with Crippen LogP contribution in [0.25, 0.3) is 11.1 Å². The number of phenols is 1. The number of nitrogens with one attached hydrogen (secondary N) is 1. The third-order valence-corrected chi connectivity index (χ3v) is 2.40. The lowest BCUT2D eigenvalue weighted by molar-refractivity contribution is 0.0697. The lowest BCUT2D eigenvalue weighted by Gasteiger charge is -2.07. The van der Waals surface area contributed by atoms with Gasteiger partial charge in [0, 0.05) is 23.4 Å². The van der Waals surface area contributed by atoms with Crippen LogP contribution in [0.1, 0.15) is 10.4 Å². The van der Waals surface area contributed by atoms with E-state index in [-0.39, 0.29) is 22.4 Å². The minimum Gasteiger partial charge on any atom is -0.507 e.